The number of benzene rings is 1. The van der Waals surface area contributed by atoms with E-state index >= 15 is 0 Å². The molecule has 2 nitrogen and oxygen atoms in total. The van der Waals surface area contributed by atoms with Crippen molar-refractivity contribution >= 4 is 5.69 Å². The molecule has 0 atom stereocenters. The SMILES string of the molecule is Cc1cc([O])cc(N(C)C)c1. The van der Waals surface area contributed by atoms with Crippen molar-refractivity contribution in [1.82, 2.24) is 0 Å². The van der Waals surface area contributed by atoms with Crippen LogP contribution in [0.5, 0.6) is 5.75 Å². The van der Waals surface area contributed by atoms with E-state index in [4.69, 9.17) is 0 Å². The van der Waals surface area contributed by atoms with E-state index in [1.165, 1.54) is 0 Å². The van der Waals surface area contributed by atoms with Crippen LogP contribution in [0.1, 0.15) is 5.56 Å². The summed E-state index contributed by atoms with van der Waals surface area (Å²) in [5.74, 6) is 0.0775. The molecule has 0 fully saturated rings. The van der Waals surface area contributed by atoms with Gasteiger partial charge in [-0.2, -0.15) is 0 Å². The predicted octanol–water partition coefficient (Wildman–Crippen LogP) is 2.20. The Hall–Kier alpha value is -1.18. The van der Waals surface area contributed by atoms with Crippen molar-refractivity contribution in [3.05, 3.63) is 23.8 Å². The van der Waals surface area contributed by atoms with Crippen LogP contribution >= 0.6 is 0 Å². The van der Waals surface area contributed by atoms with Gasteiger partial charge >= 0.3 is 0 Å². The van der Waals surface area contributed by atoms with Crippen molar-refractivity contribution in [1.29, 1.82) is 0 Å². The second-order valence-electron chi connectivity index (χ2n) is 2.90. The number of anilines is 1. The zero-order valence-corrected chi connectivity index (χ0v) is 7.09. The minimum atomic E-state index is 0.0775. The Kier molecular flexibility index (Phi) is 2.03. The average molecular weight is 150 g/mol. The fourth-order valence-electron chi connectivity index (χ4n) is 0.987. The van der Waals surface area contributed by atoms with E-state index in [0.717, 1.165) is 11.3 Å². The summed E-state index contributed by atoms with van der Waals surface area (Å²) >= 11 is 0. The molecule has 0 spiro atoms. The molecule has 2 heteroatoms. The normalized spacial score (nSPS) is 9.73. The molecule has 0 amide bonds. The van der Waals surface area contributed by atoms with Gasteiger partial charge in [-0.05, 0) is 24.6 Å². The molecule has 0 bridgehead atoms. The molecule has 59 valence electrons. The van der Waals surface area contributed by atoms with Crippen LogP contribution in [-0.2, 0) is 5.11 Å². The topological polar surface area (TPSA) is 23.1 Å². The van der Waals surface area contributed by atoms with Crippen LogP contribution in [-0.4, -0.2) is 14.1 Å². The molecular weight excluding hydrogens is 138 g/mol. The Balaban J connectivity index is 3.08. The molecule has 1 aromatic carbocycles. The third-order valence-corrected chi connectivity index (χ3v) is 1.55. The van der Waals surface area contributed by atoms with Crippen LogP contribution in [0.3, 0.4) is 0 Å². The molecule has 0 heterocycles. The van der Waals surface area contributed by atoms with Crippen molar-refractivity contribution in [2.45, 2.75) is 6.92 Å². The van der Waals surface area contributed by atoms with Crippen LogP contribution in [0.4, 0.5) is 5.69 Å². The van der Waals surface area contributed by atoms with Gasteiger partial charge in [-0.3, -0.25) is 5.11 Å². The summed E-state index contributed by atoms with van der Waals surface area (Å²) in [6.07, 6.45) is 0. The lowest BCUT2D eigenvalue weighted by Crippen LogP contribution is -2.08. The van der Waals surface area contributed by atoms with Crippen molar-refractivity contribution < 1.29 is 5.11 Å². The standard InChI is InChI=1S/C9H12NO/c1-7-4-8(10(2)3)6-9(11)5-7/h4-6H,1-3H3. The van der Waals surface area contributed by atoms with Gasteiger partial charge in [-0.15, -0.1) is 0 Å². The second kappa shape index (κ2) is 2.82. The molecule has 11 heavy (non-hydrogen) atoms. The molecule has 0 aliphatic heterocycles. The summed E-state index contributed by atoms with van der Waals surface area (Å²) in [5, 5.41) is 11.0. The van der Waals surface area contributed by atoms with Gasteiger partial charge in [0.1, 0.15) is 0 Å². The van der Waals surface area contributed by atoms with Crippen molar-refractivity contribution in [2.24, 2.45) is 0 Å². The number of hydrogen-bond donors (Lipinski definition) is 0. The molecule has 0 aliphatic rings. The lowest BCUT2D eigenvalue weighted by Gasteiger charge is -2.12. The third-order valence-electron chi connectivity index (χ3n) is 1.55. The first-order valence-electron chi connectivity index (χ1n) is 3.55. The number of rotatable bonds is 1. The number of nitrogens with zero attached hydrogens (tertiary/aromatic N) is 1. The molecule has 0 saturated heterocycles. The van der Waals surface area contributed by atoms with Gasteiger partial charge < -0.3 is 4.90 Å². The molecule has 0 saturated carbocycles. The van der Waals surface area contributed by atoms with Gasteiger partial charge in [0.2, 0.25) is 0 Å². The van der Waals surface area contributed by atoms with Gasteiger partial charge in [0.05, 0.1) is 0 Å². The van der Waals surface area contributed by atoms with E-state index in [2.05, 4.69) is 0 Å². The molecule has 0 unspecified atom stereocenters. The van der Waals surface area contributed by atoms with Crippen LogP contribution in [0.2, 0.25) is 0 Å². The Labute approximate surface area is 67.1 Å². The zero-order valence-electron chi connectivity index (χ0n) is 7.09. The quantitative estimate of drug-likeness (QED) is 0.602. The highest BCUT2D eigenvalue weighted by Crippen LogP contribution is 2.21. The van der Waals surface area contributed by atoms with E-state index in [9.17, 15) is 5.11 Å². The van der Waals surface area contributed by atoms with E-state index < -0.39 is 0 Å². The minimum absolute atomic E-state index is 0.0775. The monoisotopic (exact) mass is 150 g/mol. The van der Waals surface area contributed by atoms with E-state index in [1.54, 1.807) is 12.1 Å². The maximum absolute atomic E-state index is 11.0. The van der Waals surface area contributed by atoms with E-state index in [1.807, 2.05) is 32.0 Å². The molecule has 1 radical (unpaired) electrons. The summed E-state index contributed by atoms with van der Waals surface area (Å²) in [5.41, 5.74) is 1.98. The van der Waals surface area contributed by atoms with Gasteiger partial charge in [-0.1, -0.05) is 0 Å². The lowest BCUT2D eigenvalue weighted by atomic mass is 10.2. The fraction of sp³-hybridized carbons (Fsp3) is 0.333. The Morgan fingerprint density at radius 3 is 2.27 bits per heavy atom. The van der Waals surface area contributed by atoms with Gasteiger partial charge in [-0.25, -0.2) is 0 Å². The first-order valence-corrected chi connectivity index (χ1v) is 3.55. The summed E-state index contributed by atoms with van der Waals surface area (Å²) in [6, 6.07) is 5.25. The van der Waals surface area contributed by atoms with Crippen LogP contribution < -0.4 is 4.90 Å². The number of aryl methyl sites for hydroxylation is 1. The first-order chi connectivity index (χ1) is 5.09. The fourth-order valence-corrected chi connectivity index (χ4v) is 0.987. The van der Waals surface area contributed by atoms with E-state index in [-0.39, 0.29) is 5.75 Å². The highest BCUT2D eigenvalue weighted by atomic mass is 16.3. The van der Waals surface area contributed by atoms with Crippen LogP contribution in [0.25, 0.3) is 0 Å². The van der Waals surface area contributed by atoms with Crippen LogP contribution in [0.15, 0.2) is 18.2 Å². The molecular formula is C9H12NO. The van der Waals surface area contributed by atoms with Gasteiger partial charge in [0, 0.05) is 25.8 Å². The van der Waals surface area contributed by atoms with Crippen molar-refractivity contribution in [2.75, 3.05) is 19.0 Å². The molecule has 0 aliphatic carbocycles. The first kappa shape index (κ1) is 7.92. The maximum Gasteiger partial charge on any atom is 0.180 e. The summed E-state index contributed by atoms with van der Waals surface area (Å²) in [4.78, 5) is 1.92. The highest BCUT2D eigenvalue weighted by Gasteiger charge is 1.98. The highest BCUT2D eigenvalue weighted by molar-refractivity contribution is 5.51. The Morgan fingerprint density at radius 1 is 1.18 bits per heavy atom. The van der Waals surface area contributed by atoms with Crippen LogP contribution in [0, 0.1) is 6.92 Å². The summed E-state index contributed by atoms with van der Waals surface area (Å²) < 4.78 is 0. The number of hydrogen-bond acceptors (Lipinski definition) is 1. The largest absolute Gasteiger partial charge is 0.378 e. The van der Waals surface area contributed by atoms with E-state index in [0.29, 0.717) is 0 Å². The third kappa shape index (κ3) is 1.87. The van der Waals surface area contributed by atoms with Crippen molar-refractivity contribution in [3.63, 3.8) is 0 Å². The zero-order chi connectivity index (χ0) is 8.43. The smallest absolute Gasteiger partial charge is 0.180 e. The molecule has 0 aromatic heterocycles. The second-order valence-corrected chi connectivity index (χ2v) is 2.90. The van der Waals surface area contributed by atoms with Gasteiger partial charge in [0.15, 0.2) is 5.75 Å². The molecule has 1 rings (SSSR count). The Bertz CT molecular complexity index is 235. The average Bonchev–Trinajstić information content (AvgIpc) is 1.85. The predicted molar refractivity (Wildman–Crippen MR) is 45.6 cm³/mol. The molecule has 0 N–H and O–H groups in total. The molecule has 1 aromatic rings. The maximum atomic E-state index is 11.0. The Morgan fingerprint density at radius 2 is 1.82 bits per heavy atom. The summed E-state index contributed by atoms with van der Waals surface area (Å²) in [7, 11) is 3.85. The summed E-state index contributed by atoms with van der Waals surface area (Å²) in [6.45, 7) is 1.92. The minimum Gasteiger partial charge on any atom is -0.378 e. The lowest BCUT2D eigenvalue weighted by molar-refractivity contribution is 0.354. The van der Waals surface area contributed by atoms with Gasteiger partial charge in [0.25, 0.3) is 0 Å². The van der Waals surface area contributed by atoms with Crippen molar-refractivity contribution in [3.8, 4) is 5.75 Å².